The molecule has 234 valence electrons. The Morgan fingerprint density at radius 1 is 1.29 bits per heavy atom. The Labute approximate surface area is 248 Å². The van der Waals surface area contributed by atoms with Crippen LogP contribution < -0.4 is 26.4 Å². The van der Waals surface area contributed by atoms with Gasteiger partial charge in [0.25, 0.3) is 0 Å². The summed E-state index contributed by atoms with van der Waals surface area (Å²) in [6, 6.07) is 6.65. The van der Waals surface area contributed by atoms with Crippen molar-refractivity contribution in [2.24, 2.45) is 16.6 Å². The highest BCUT2D eigenvalue weighted by molar-refractivity contribution is 5.96. The number of hydrogen-bond donors (Lipinski definition) is 5. The van der Waals surface area contributed by atoms with Gasteiger partial charge in [0, 0.05) is 33.2 Å². The predicted octanol–water partition coefficient (Wildman–Crippen LogP) is 1.34. The number of guanidine groups is 1. The van der Waals surface area contributed by atoms with Gasteiger partial charge in [-0.05, 0) is 69.8 Å². The summed E-state index contributed by atoms with van der Waals surface area (Å²) in [5.41, 5.74) is 6.25. The summed E-state index contributed by atoms with van der Waals surface area (Å²) < 4.78 is 5.72. The van der Waals surface area contributed by atoms with E-state index in [9.17, 15) is 19.2 Å². The van der Waals surface area contributed by atoms with Gasteiger partial charge >= 0.3 is 12.1 Å². The van der Waals surface area contributed by atoms with E-state index in [0.29, 0.717) is 24.0 Å². The second kappa shape index (κ2) is 15.9. The van der Waals surface area contributed by atoms with E-state index < -0.39 is 41.9 Å². The predicted molar refractivity (Wildman–Crippen MR) is 160 cm³/mol. The van der Waals surface area contributed by atoms with Crippen LogP contribution in [0.25, 0.3) is 0 Å². The van der Waals surface area contributed by atoms with Crippen LogP contribution in [-0.2, 0) is 14.4 Å². The molecule has 42 heavy (non-hydrogen) atoms. The fraction of sp³-hybridized carbons (Fsp3) is 0.621. The molecule has 4 unspecified atom stereocenters. The molecule has 13 nitrogen and oxygen atoms in total. The van der Waals surface area contributed by atoms with Gasteiger partial charge in [0.2, 0.25) is 11.8 Å². The van der Waals surface area contributed by atoms with Crippen LogP contribution in [0.2, 0.25) is 0 Å². The minimum atomic E-state index is -1.29. The van der Waals surface area contributed by atoms with E-state index in [1.165, 1.54) is 4.90 Å². The average molecular weight is 590 g/mol. The number of ether oxygens (including phenoxy) is 1. The molecule has 6 N–H and O–H groups in total. The van der Waals surface area contributed by atoms with E-state index in [2.05, 4.69) is 59.9 Å². The maximum Gasteiger partial charge on any atom is 0.415 e. The number of nitrogens with two attached hydrogens (primary N) is 1. The minimum Gasteiger partial charge on any atom is -0.481 e. The van der Waals surface area contributed by atoms with Crippen molar-refractivity contribution in [2.75, 3.05) is 47.3 Å². The van der Waals surface area contributed by atoms with Gasteiger partial charge in [0.05, 0.1) is 5.54 Å². The van der Waals surface area contributed by atoms with E-state index in [4.69, 9.17) is 15.6 Å². The Hall–Kier alpha value is -3.87. The summed E-state index contributed by atoms with van der Waals surface area (Å²) in [5, 5.41) is 17.2. The van der Waals surface area contributed by atoms with Gasteiger partial charge in [-0.2, -0.15) is 0 Å². The Morgan fingerprint density at radius 2 is 2.00 bits per heavy atom. The molecule has 0 spiro atoms. The van der Waals surface area contributed by atoms with Gasteiger partial charge in [-0.1, -0.05) is 26.0 Å². The first-order valence-electron chi connectivity index (χ1n) is 14.3. The Kier molecular flexibility index (Phi) is 13.0. The molecule has 0 saturated carbocycles. The fourth-order valence-corrected chi connectivity index (χ4v) is 5.29. The highest BCUT2D eigenvalue weighted by atomic mass is 16.6. The number of nitrogens with one attached hydrogen (secondary N) is 3. The van der Waals surface area contributed by atoms with E-state index in [-0.39, 0.29) is 32.0 Å². The molecule has 0 saturated heterocycles. The second-order valence-corrected chi connectivity index (χ2v) is 11.6. The Bertz CT molecular complexity index is 1130. The number of hydrogen-bond acceptors (Lipinski definition) is 9. The molecule has 1 aromatic carbocycles. The summed E-state index contributed by atoms with van der Waals surface area (Å²) in [4.78, 5) is 56.8. The molecule has 1 aliphatic rings. The van der Waals surface area contributed by atoms with Gasteiger partial charge in [-0.15, -0.1) is 0 Å². The average Bonchev–Trinajstić information content (AvgIpc) is 2.90. The zero-order valence-corrected chi connectivity index (χ0v) is 25.6. The monoisotopic (exact) mass is 589 g/mol. The Morgan fingerprint density at radius 3 is 2.64 bits per heavy atom. The molecule has 2 rings (SSSR count). The van der Waals surface area contributed by atoms with Gasteiger partial charge in [-0.3, -0.25) is 19.4 Å². The SMILES string of the molecule is CCC(c1cccc(OC(=O)N(C)CC2(C)CNC(=O)C(NC(=O)CC(=O)O)CCCN=C(N)N2)c1)C(C)CN(C)C. The molecule has 1 aromatic rings. The fourth-order valence-electron chi connectivity index (χ4n) is 5.29. The topological polar surface area (TPSA) is 179 Å². The molecule has 0 aliphatic carbocycles. The van der Waals surface area contributed by atoms with E-state index in [0.717, 1.165) is 18.5 Å². The molecule has 0 radical (unpaired) electrons. The summed E-state index contributed by atoms with van der Waals surface area (Å²) in [7, 11) is 5.69. The molecule has 0 aromatic heterocycles. The number of nitrogens with zero attached hydrogens (tertiary/aromatic N) is 3. The lowest BCUT2D eigenvalue weighted by molar-refractivity contribution is -0.141. The lowest BCUT2D eigenvalue weighted by atomic mass is 9.85. The summed E-state index contributed by atoms with van der Waals surface area (Å²) in [5.74, 6) is -1.22. The van der Waals surface area contributed by atoms with Crippen LogP contribution in [0.3, 0.4) is 0 Å². The molecule has 0 fully saturated rings. The number of amides is 3. The van der Waals surface area contributed by atoms with E-state index in [1.54, 1.807) is 20.0 Å². The van der Waals surface area contributed by atoms with Crippen molar-refractivity contribution in [3.63, 3.8) is 0 Å². The summed E-state index contributed by atoms with van der Waals surface area (Å²) in [6.45, 7) is 7.49. The molecular weight excluding hydrogens is 542 g/mol. The number of benzene rings is 1. The molecule has 13 heteroatoms. The lowest BCUT2D eigenvalue weighted by Crippen LogP contribution is -2.62. The first-order chi connectivity index (χ1) is 19.7. The zero-order valence-electron chi connectivity index (χ0n) is 25.6. The standard InChI is InChI=1S/C29H47N7O6/c1-7-22(19(2)16-35(4)5)20-10-8-11-21(14-20)42-28(41)36(6)18-29(3)17-32-26(40)23(33-24(37)15-25(38)39)12-9-13-31-27(30)34-29/h8,10-11,14,19,22-23H,7,9,12-13,15-18H2,1-6H3,(H,32,40)(H,33,37)(H,38,39)(H3,30,31,34). The second-order valence-electron chi connectivity index (χ2n) is 11.6. The van der Waals surface area contributed by atoms with Crippen LogP contribution in [0.4, 0.5) is 4.79 Å². The number of carbonyl (C=O) groups is 4. The molecule has 1 heterocycles. The quantitative estimate of drug-likeness (QED) is 0.238. The lowest BCUT2D eigenvalue weighted by Gasteiger charge is -2.35. The van der Waals surface area contributed by atoms with Crippen LogP contribution in [0.15, 0.2) is 29.3 Å². The van der Waals surface area contributed by atoms with Gasteiger partial charge in [0.1, 0.15) is 18.2 Å². The van der Waals surface area contributed by atoms with E-state index >= 15 is 0 Å². The maximum absolute atomic E-state index is 13.1. The van der Waals surface area contributed by atoms with Crippen molar-refractivity contribution in [1.82, 2.24) is 25.8 Å². The molecular formula is C29H47N7O6. The number of carbonyl (C=O) groups excluding carboxylic acids is 3. The first-order valence-corrected chi connectivity index (χ1v) is 14.3. The third-order valence-electron chi connectivity index (χ3n) is 7.15. The molecule has 3 amide bonds. The maximum atomic E-state index is 13.1. The van der Waals surface area contributed by atoms with Gasteiger partial charge in [-0.25, -0.2) is 4.79 Å². The summed E-state index contributed by atoms with van der Waals surface area (Å²) >= 11 is 0. The number of carboxylic acids is 1. The van der Waals surface area contributed by atoms with Crippen molar-refractivity contribution < 1.29 is 29.0 Å². The number of aliphatic imine (C=N–C) groups is 1. The van der Waals surface area contributed by atoms with E-state index in [1.807, 2.05) is 12.1 Å². The Balaban J connectivity index is 2.13. The van der Waals surface area contributed by atoms with Crippen molar-refractivity contribution >= 4 is 29.8 Å². The zero-order chi connectivity index (χ0) is 31.4. The van der Waals surface area contributed by atoms with Crippen LogP contribution in [0.5, 0.6) is 5.75 Å². The largest absolute Gasteiger partial charge is 0.481 e. The minimum absolute atomic E-state index is 0.0302. The van der Waals surface area contributed by atoms with Gasteiger partial charge < -0.3 is 41.3 Å². The number of carboxylic acid groups (broad SMARTS) is 1. The molecule has 4 atom stereocenters. The number of likely N-dealkylation sites (N-methyl/N-ethyl adjacent to an activating group) is 1. The third-order valence-corrected chi connectivity index (χ3v) is 7.15. The molecule has 0 bridgehead atoms. The first kappa shape index (κ1) is 34.3. The third kappa shape index (κ3) is 11.2. The normalized spacial score (nSPS) is 21.1. The van der Waals surface area contributed by atoms with Crippen LogP contribution in [-0.4, -0.2) is 104 Å². The van der Waals surface area contributed by atoms with Crippen molar-refractivity contribution in [2.45, 2.75) is 64.0 Å². The highest BCUT2D eigenvalue weighted by Gasteiger charge is 2.32. The van der Waals surface area contributed by atoms with Crippen LogP contribution >= 0.6 is 0 Å². The van der Waals surface area contributed by atoms with Crippen molar-refractivity contribution in [3.8, 4) is 5.75 Å². The molecule has 1 aliphatic heterocycles. The highest BCUT2D eigenvalue weighted by Crippen LogP contribution is 2.30. The van der Waals surface area contributed by atoms with Gasteiger partial charge in [0.15, 0.2) is 5.96 Å². The van der Waals surface area contributed by atoms with Crippen LogP contribution in [0, 0.1) is 5.92 Å². The van der Waals surface area contributed by atoms with Crippen LogP contribution in [0.1, 0.15) is 57.9 Å². The van der Waals surface area contributed by atoms with Crippen molar-refractivity contribution in [3.05, 3.63) is 29.8 Å². The smallest absolute Gasteiger partial charge is 0.415 e. The number of aliphatic carboxylic acids is 1. The summed E-state index contributed by atoms with van der Waals surface area (Å²) in [6.07, 6.45) is 0.318. The van der Waals surface area contributed by atoms with Crippen molar-refractivity contribution in [1.29, 1.82) is 0 Å². The number of rotatable bonds is 11.